The molecule has 2 aromatic carbocycles. The Bertz CT molecular complexity index is 1490. The van der Waals surface area contributed by atoms with Crippen LogP contribution in [-0.4, -0.2) is 21.2 Å². The van der Waals surface area contributed by atoms with E-state index < -0.39 is 17.2 Å². The maximum atomic E-state index is 13.5. The zero-order chi connectivity index (χ0) is 26.4. The third kappa shape index (κ3) is 4.66. The van der Waals surface area contributed by atoms with E-state index in [1.165, 1.54) is 0 Å². The molecule has 1 saturated carbocycles. The summed E-state index contributed by atoms with van der Waals surface area (Å²) in [5.74, 6) is 0.599. The first kappa shape index (κ1) is 24.8. The Balaban J connectivity index is 1.57. The molecule has 7 nitrogen and oxygen atoms in total. The summed E-state index contributed by atoms with van der Waals surface area (Å²) in [6.07, 6.45) is 3.87. The molecule has 7 heteroatoms. The molecule has 0 saturated heterocycles. The molecule has 0 atom stereocenters. The number of ether oxygens (including phenoxy) is 1. The molecule has 5 rings (SSSR count). The first-order valence-electron chi connectivity index (χ1n) is 12.8. The summed E-state index contributed by atoms with van der Waals surface area (Å²) in [6.45, 7) is 9.49. The van der Waals surface area contributed by atoms with Gasteiger partial charge < -0.3 is 14.5 Å². The van der Waals surface area contributed by atoms with Crippen molar-refractivity contribution in [3.8, 4) is 22.5 Å². The number of fused-ring (bicyclic) bond motifs is 1. The van der Waals surface area contributed by atoms with E-state index in [0.29, 0.717) is 16.9 Å². The summed E-state index contributed by atoms with van der Waals surface area (Å²) in [6, 6.07) is 17.8. The Morgan fingerprint density at radius 3 is 2.30 bits per heavy atom. The highest BCUT2D eigenvalue weighted by atomic mass is 16.6. The highest BCUT2D eigenvalue weighted by Crippen LogP contribution is 2.43. The zero-order valence-electron chi connectivity index (χ0n) is 22.0. The largest absolute Gasteiger partial charge is 0.444 e. The third-order valence-electron chi connectivity index (χ3n) is 6.90. The maximum Gasteiger partial charge on any atom is 0.408 e. The van der Waals surface area contributed by atoms with Gasteiger partial charge in [-0.3, -0.25) is 9.36 Å². The number of nitrogens with one attached hydrogen (secondary N) is 1. The minimum Gasteiger partial charge on any atom is -0.444 e. The van der Waals surface area contributed by atoms with Crippen LogP contribution in [0.1, 0.15) is 65.5 Å². The van der Waals surface area contributed by atoms with Crippen LogP contribution >= 0.6 is 0 Å². The predicted octanol–water partition coefficient (Wildman–Crippen LogP) is 6.81. The van der Waals surface area contributed by atoms with Crippen molar-refractivity contribution in [2.45, 2.75) is 71.1 Å². The van der Waals surface area contributed by atoms with Crippen molar-refractivity contribution < 1.29 is 13.9 Å². The van der Waals surface area contributed by atoms with Gasteiger partial charge in [0.15, 0.2) is 0 Å². The van der Waals surface area contributed by atoms with E-state index in [2.05, 4.69) is 10.3 Å². The molecule has 1 aliphatic rings. The lowest BCUT2D eigenvalue weighted by Crippen LogP contribution is -2.52. The number of aromatic nitrogens is 2. The average molecular weight is 500 g/mol. The molecule has 0 bridgehead atoms. The molecule has 1 amide bonds. The summed E-state index contributed by atoms with van der Waals surface area (Å²) < 4.78 is 13.4. The molecule has 4 aromatic rings. The Morgan fingerprint density at radius 2 is 1.73 bits per heavy atom. The van der Waals surface area contributed by atoms with E-state index in [1.807, 2.05) is 89.2 Å². The van der Waals surface area contributed by atoms with Crippen LogP contribution in [0.3, 0.4) is 0 Å². The summed E-state index contributed by atoms with van der Waals surface area (Å²) in [4.78, 5) is 30.5. The number of benzene rings is 2. The topological polar surface area (TPSA) is 86.4 Å². The van der Waals surface area contributed by atoms with Gasteiger partial charge in [0, 0.05) is 17.2 Å². The number of rotatable bonds is 5. The van der Waals surface area contributed by atoms with Gasteiger partial charge in [0.1, 0.15) is 23.1 Å². The summed E-state index contributed by atoms with van der Waals surface area (Å²) in [7, 11) is 0. The van der Waals surface area contributed by atoms with Gasteiger partial charge in [0.2, 0.25) is 5.71 Å². The molecule has 0 spiro atoms. The standard InChI is InChI=1S/C30H33N3O4/c1-19(2)33-18-31-26-24(27(33)34)23(20-10-7-6-8-11-20)25(36-26)21-12-14-22(15-13-21)30(16-9-17-30)32-28(35)37-29(3,4)5/h6-8,10-15,18-19H,9,16-17H2,1-5H3,(H,32,35). The molecular formula is C30H33N3O4. The fourth-order valence-electron chi connectivity index (χ4n) is 4.91. The Labute approximate surface area is 216 Å². The smallest absolute Gasteiger partial charge is 0.408 e. The van der Waals surface area contributed by atoms with Crippen LogP contribution in [0.25, 0.3) is 33.6 Å². The van der Waals surface area contributed by atoms with Crippen molar-refractivity contribution in [1.82, 2.24) is 14.9 Å². The van der Waals surface area contributed by atoms with Crippen LogP contribution in [-0.2, 0) is 10.3 Å². The molecule has 2 heterocycles. The first-order valence-corrected chi connectivity index (χ1v) is 12.8. The monoisotopic (exact) mass is 499 g/mol. The van der Waals surface area contributed by atoms with E-state index in [-0.39, 0.29) is 11.6 Å². The number of carbonyl (C=O) groups excluding carboxylic acids is 1. The van der Waals surface area contributed by atoms with Crippen LogP contribution in [0, 0.1) is 0 Å². The number of hydrogen-bond donors (Lipinski definition) is 1. The molecule has 0 unspecified atom stereocenters. The fraction of sp³-hybridized carbons (Fsp3) is 0.367. The van der Waals surface area contributed by atoms with Crippen LogP contribution in [0.5, 0.6) is 0 Å². The van der Waals surface area contributed by atoms with Gasteiger partial charge in [0.25, 0.3) is 5.56 Å². The minimum atomic E-state index is -0.559. The van der Waals surface area contributed by atoms with E-state index in [0.717, 1.165) is 41.5 Å². The Kier molecular flexibility index (Phi) is 6.18. The molecule has 37 heavy (non-hydrogen) atoms. The highest BCUT2D eigenvalue weighted by molar-refractivity contribution is 5.99. The second-order valence-electron chi connectivity index (χ2n) is 11.0. The molecule has 1 aliphatic carbocycles. The van der Waals surface area contributed by atoms with Gasteiger partial charge in [-0.05, 0) is 65.0 Å². The van der Waals surface area contributed by atoms with Gasteiger partial charge in [-0.2, -0.15) is 0 Å². The fourth-order valence-corrected chi connectivity index (χ4v) is 4.91. The number of alkyl carbamates (subject to hydrolysis) is 1. The molecule has 1 N–H and O–H groups in total. The Hall–Kier alpha value is -3.87. The number of furan rings is 1. The second-order valence-corrected chi connectivity index (χ2v) is 11.0. The van der Waals surface area contributed by atoms with Crippen molar-refractivity contribution in [1.29, 1.82) is 0 Å². The van der Waals surface area contributed by atoms with E-state index in [4.69, 9.17) is 9.15 Å². The van der Waals surface area contributed by atoms with E-state index in [1.54, 1.807) is 10.9 Å². The minimum absolute atomic E-state index is 0.0261. The predicted molar refractivity (Wildman–Crippen MR) is 144 cm³/mol. The van der Waals surface area contributed by atoms with Crippen LogP contribution in [0.4, 0.5) is 4.79 Å². The van der Waals surface area contributed by atoms with Crippen molar-refractivity contribution in [3.63, 3.8) is 0 Å². The van der Waals surface area contributed by atoms with Gasteiger partial charge in [-0.25, -0.2) is 9.78 Å². The lowest BCUT2D eigenvalue weighted by atomic mass is 9.71. The molecular weight excluding hydrogens is 466 g/mol. The van der Waals surface area contributed by atoms with Crippen LogP contribution in [0.15, 0.2) is 70.1 Å². The molecule has 192 valence electrons. The number of nitrogens with zero attached hydrogens (tertiary/aromatic N) is 2. The number of hydrogen-bond acceptors (Lipinski definition) is 5. The molecule has 2 aromatic heterocycles. The van der Waals surface area contributed by atoms with Gasteiger partial charge in [-0.1, -0.05) is 54.6 Å². The third-order valence-corrected chi connectivity index (χ3v) is 6.90. The zero-order valence-corrected chi connectivity index (χ0v) is 22.0. The lowest BCUT2D eigenvalue weighted by molar-refractivity contribution is 0.0377. The van der Waals surface area contributed by atoms with Gasteiger partial charge in [0.05, 0.1) is 5.54 Å². The maximum absolute atomic E-state index is 13.5. The van der Waals surface area contributed by atoms with Gasteiger partial charge >= 0.3 is 6.09 Å². The Morgan fingerprint density at radius 1 is 1.05 bits per heavy atom. The summed E-state index contributed by atoms with van der Waals surface area (Å²) in [5.41, 5.74) is 2.68. The van der Waals surface area contributed by atoms with Crippen LogP contribution < -0.4 is 10.9 Å². The van der Waals surface area contributed by atoms with Crippen molar-refractivity contribution in [2.75, 3.05) is 0 Å². The van der Waals surface area contributed by atoms with E-state index >= 15 is 0 Å². The van der Waals surface area contributed by atoms with Crippen molar-refractivity contribution in [3.05, 3.63) is 76.8 Å². The highest BCUT2D eigenvalue weighted by Gasteiger charge is 2.41. The summed E-state index contributed by atoms with van der Waals surface area (Å²) in [5, 5.41) is 3.58. The molecule has 1 fully saturated rings. The molecule has 0 aliphatic heterocycles. The van der Waals surface area contributed by atoms with Gasteiger partial charge in [-0.15, -0.1) is 0 Å². The number of carbonyl (C=O) groups is 1. The van der Waals surface area contributed by atoms with Crippen molar-refractivity contribution in [2.24, 2.45) is 0 Å². The van der Waals surface area contributed by atoms with Crippen LogP contribution in [0.2, 0.25) is 0 Å². The molecule has 0 radical (unpaired) electrons. The first-order chi connectivity index (χ1) is 17.6. The SMILES string of the molecule is CC(C)n1cnc2oc(-c3ccc(C4(NC(=O)OC(C)(C)C)CCC4)cc3)c(-c3ccccc3)c2c1=O. The quantitative estimate of drug-likeness (QED) is 0.326. The van der Waals surface area contributed by atoms with Crippen molar-refractivity contribution >= 4 is 17.2 Å². The van der Waals surface area contributed by atoms with E-state index in [9.17, 15) is 9.59 Å². The lowest BCUT2D eigenvalue weighted by Gasteiger charge is -2.43. The number of amides is 1. The summed E-state index contributed by atoms with van der Waals surface area (Å²) >= 11 is 0. The normalized spacial score (nSPS) is 15.0. The average Bonchev–Trinajstić information content (AvgIpc) is 3.21. The second kappa shape index (κ2) is 9.21.